The summed E-state index contributed by atoms with van der Waals surface area (Å²) in [4.78, 5) is 13.4. The molecule has 2 N–H and O–H groups in total. The smallest absolute Gasteiger partial charge is 0.279 e. The van der Waals surface area contributed by atoms with Gasteiger partial charge in [0.2, 0.25) is 0 Å². The number of amides is 1. The van der Waals surface area contributed by atoms with Crippen molar-refractivity contribution < 1.29 is 18.5 Å². The summed E-state index contributed by atoms with van der Waals surface area (Å²) in [7, 11) is 0. The summed E-state index contributed by atoms with van der Waals surface area (Å²) >= 11 is 11.9. The van der Waals surface area contributed by atoms with E-state index >= 15 is 0 Å². The molecule has 25 heavy (non-hydrogen) atoms. The second kappa shape index (κ2) is 8.25. The van der Waals surface area contributed by atoms with Gasteiger partial charge >= 0.3 is 0 Å². The lowest BCUT2D eigenvalue weighted by Crippen LogP contribution is -3.10. The Kier molecular flexibility index (Phi) is 5.81. The molecule has 7 heteroatoms. The van der Waals surface area contributed by atoms with E-state index in [0.29, 0.717) is 28.8 Å². The third-order valence-electron chi connectivity index (χ3n) is 3.62. The Morgan fingerprint density at radius 1 is 0.960 bits per heavy atom. The molecular formula is C18H17Cl2N2O3+. The summed E-state index contributed by atoms with van der Waals surface area (Å²) in [5.74, 6) is 1.49. The van der Waals surface area contributed by atoms with Crippen LogP contribution in [0, 0.1) is 0 Å². The Morgan fingerprint density at radius 3 is 2.12 bits per heavy atom. The van der Waals surface area contributed by atoms with Gasteiger partial charge in [-0.25, -0.2) is 0 Å². The minimum atomic E-state index is -0.133. The molecular weight excluding hydrogens is 363 g/mol. The lowest BCUT2D eigenvalue weighted by Gasteiger charge is -2.17. The number of halogens is 2. The zero-order valence-electron chi connectivity index (χ0n) is 13.3. The molecule has 0 aliphatic heterocycles. The highest BCUT2D eigenvalue weighted by molar-refractivity contribution is 6.42. The van der Waals surface area contributed by atoms with Crippen LogP contribution >= 0.6 is 23.2 Å². The van der Waals surface area contributed by atoms with Crippen molar-refractivity contribution in [3.05, 3.63) is 76.6 Å². The number of carbonyl (C=O) groups is 1. The molecule has 0 radical (unpaired) electrons. The van der Waals surface area contributed by atoms with Gasteiger partial charge in [0.1, 0.15) is 13.1 Å². The summed E-state index contributed by atoms with van der Waals surface area (Å²) in [6.45, 7) is 1.40. The topological polar surface area (TPSA) is 59.8 Å². The number of anilines is 1. The third kappa shape index (κ3) is 5.13. The highest BCUT2D eigenvalue weighted by Crippen LogP contribution is 2.24. The number of hydrogen-bond acceptors (Lipinski definition) is 3. The Balaban J connectivity index is 1.65. The van der Waals surface area contributed by atoms with Crippen molar-refractivity contribution in [2.75, 3.05) is 11.9 Å². The third-order valence-corrected chi connectivity index (χ3v) is 4.36. The number of benzene rings is 1. The molecule has 0 fully saturated rings. The molecule has 0 spiro atoms. The monoisotopic (exact) mass is 379 g/mol. The van der Waals surface area contributed by atoms with Crippen LogP contribution in [0.2, 0.25) is 10.0 Å². The molecule has 5 nitrogen and oxygen atoms in total. The van der Waals surface area contributed by atoms with Crippen molar-refractivity contribution in [1.82, 2.24) is 0 Å². The van der Waals surface area contributed by atoms with Gasteiger partial charge in [0.25, 0.3) is 5.91 Å². The van der Waals surface area contributed by atoms with Gasteiger partial charge in [-0.15, -0.1) is 0 Å². The summed E-state index contributed by atoms with van der Waals surface area (Å²) < 4.78 is 10.8. The van der Waals surface area contributed by atoms with E-state index in [-0.39, 0.29) is 12.5 Å². The fourth-order valence-corrected chi connectivity index (χ4v) is 2.81. The Bertz CT molecular complexity index is 781. The first-order valence-electron chi connectivity index (χ1n) is 7.73. The molecule has 0 aliphatic rings. The maximum atomic E-state index is 12.4. The molecule has 1 aromatic carbocycles. The summed E-state index contributed by atoms with van der Waals surface area (Å²) in [6, 6.07) is 12.4. The molecule has 2 heterocycles. The van der Waals surface area contributed by atoms with Crippen LogP contribution in [-0.2, 0) is 17.9 Å². The van der Waals surface area contributed by atoms with E-state index < -0.39 is 0 Å². The van der Waals surface area contributed by atoms with Gasteiger partial charge in [0, 0.05) is 5.69 Å². The van der Waals surface area contributed by atoms with Gasteiger partial charge in [0.15, 0.2) is 18.1 Å². The zero-order chi connectivity index (χ0) is 17.6. The van der Waals surface area contributed by atoms with E-state index in [1.165, 1.54) is 0 Å². The van der Waals surface area contributed by atoms with E-state index in [9.17, 15) is 4.79 Å². The Hall–Kier alpha value is -2.21. The fourth-order valence-electron chi connectivity index (χ4n) is 2.51. The molecule has 1 amide bonds. The molecule has 3 aromatic rings. The summed E-state index contributed by atoms with van der Waals surface area (Å²) in [5, 5.41) is 3.68. The number of hydrogen-bond donors (Lipinski definition) is 2. The molecule has 0 bridgehead atoms. The van der Waals surface area contributed by atoms with E-state index in [1.807, 2.05) is 24.3 Å². The minimum Gasteiger partial charge on any atom is -0.463 e. The standard InChI is InChI=1S/C18H16Cl2N2O3/c19-16-6-5-13(9-17(16)20)21-18(23)12-22(10-14-3-1-7-24-14)11-15-4-2-8-25-15/h1-9H,10-12H2,(H,21,23)/p+1. The van der Waals surface area contributed by atoms with Crippen LogP contribution < -0.4 is 10.2 Å². The zero-order valence-corrected chi connectivity index (χ0v) is 14.8. The number of quaternary nitrogens is 1. The van der Waals surface area contributed by atoms with Gasteiger partial charge in [-0.2, -0.15) is 0 Å². The quantitative estimate of drug-likeness (QED) is 0.661. The average Bonchev–Trinajstić information content (AvgIpc) is 3.25. The number of nitrogens with one attached hydrogen (secondary N) is 2. The van der Waals surface area contributed by atoms with Crippen LogP contribution in [0.3, 0.4) is 0 Å². The van der Waals surface area contributed by atoms with Crippen molar-refractivity contribution in [2.45, 2.75) is 13.1 Å². The van der Waals surface area contributed by atoms with Crippen LogP contribution in [0.25, 0.3) is 0 Å². The van der Waals surface area contributed by atoms with Crippen LogP contribution in [0.4, 0.5) is 5.69 Å². The molecule has 130 valence electrons. The maximum absolute atomic E-state index is 12.4. The normalized spacial score (nSPS) is 11.0. The number of furan rings is 2. The molecule has 0 saturated carbocycles. The van der Waals surface area contributed by atoms with Gasteiger partial charge < -0.3 is 19.1 Å². The van der Waals surface area contributed by atoms with Crippen LogP contribution in [-0.4, -0.2) is 12.5 Å². The second-order valence-electron chi connectivity index (χ2n) is 5.62. The van der Waals surface area contributed by atoms with Crippen molar-refractivity contribution >= 4 is 34.8 Å². The molecule has 0 aliphatic carbocycles. The van der Waals surface area contributed by atoms with Crippen molar-refractivity contribution in [3.8, 4) is 0 Å². The van der Waals surface area contributed by atoms with Crippen LogP contribution in [0.5, 0.6) is 0 Å². The van der Waals surface area contributed by atoms with Crippen LogP contribution in [0.1, 0.15) is 11.5 Å². The average molecular weight is 380 g/mol. The highest BCUT2D eigenvalue weighted by Gasteiger charge is 2.18. The molecule has 3 rings (SSSR count). The largest absolute Gasteiger partial charge is 0.463 e. The van der Waals surface area contributed by atoms with E-state index in [4.69, 9.17) is 32.0 Å². The predicted octanol–water partition coefficient (Wildman–Crippen LogP) is 3.40. The second-order valence-corrected chi connectivity index (χ2v) is 6.43. The highest BCUT2D eigenvalue weighted by atomic mass is 35.5. The Morgan fingerprint density at radius 2 is 1.60 bits per heavy atom. The lowest BCUT2D eigenvalue weighted by atomic mass is 10.3. The SMILES string of the molecule is O=C(C[NH+](Cc1ccco1)Cc1ccco1)Nc1ccc(Cl)c(Cl)c1. The summed E-state index contributed by atoms with van der Waals surface area (Å²) in [6.07, 6.45) is 3.24. The van der Waals surface area contributed by atoms with E-state index in [2.05, 4.69) is 5.32 Å². The number of rotatable bonds is 7. The maximum Gasteiger partial charge on any atom is 0.279 e. The van der Waals surface area contributed by atoms with Crippen LogP contribution in [0.15, 0.2) is 63.8 Å². The van der Waals surface area contributed by atoms with E-state index in [1.54, 1.807) is 30.7 Å². The molecule has 2 aromatic heterocycles. The predicted molar refractivity (Wildman–Crippen MR) is 95.7 cm³/mol. The first-order chi connectivity index (χ1) is 12.1. The van der Waals surface area contributed by atoms with Gasteiger partial charge in [-0.1, -0.05) is 23.2 Å². The van der Waals surface area contributed by atoms with Crippen molar-refractivity contribution in [3.63, 3.8) is 0 Å². The van der Waals surface area contributed by atoms with Gasteiger partial charge in [0.05, 0.1) is 22.6 Å². The number of carbonyl (C=O) groups excluding carboxylic acids is 1. The first kappa shape index (κ1) is 17.6. The molecule has 0 atom stereocenters. The van der Waals surface area contributed by atoms with E-state index in [0.717, 1.165) is 16.4 Å². The fraction of sp³-hybridized carbons (Fsp3) is 0.167. The first-order valence-corrected chi connectivity index (χ1v) is 8.49. The lowest BCUT2D eigenvalue weighted by molar-refractivity contribution is -0.921. The summed E-state index contributed by atoms with van der Waals surface area (Å²) in [5.41, 5.74) is 0.606. The van der Waals surface area contributed by atoms with Crippen molar-refractivity contribution in [1.29, 1.82) is 0 Å². The van der Waals surface area contributed by atoms with Crippen molar-refractivity contribution in [2.24, 2.45) is 0 Å². The molecule has 0 saturated heterocycles. The Labute approximate surface area is 155 Å². The van der Waals surface area contributed by atoms with Gasteiger partial charge in [-0.05, 0) is 42.5 Å². The molecule has 0 unspecified atom stereocenters. The minimum absolute atomic E-state index is 0.133. The van der Waals surface area contributed by atoms with Gasteiger partial charge in [-0.3, -0.25) is 4.79 Å².